The maximum Gasteiger partial charge on any atom is 0.166 e. The second-order valence-corrected chi connectivity index (χ2v) is 6.00. The molecule has 0 saturated carbocycles. The smallest absolute Gasteiger partial charge is 0.166 e. The van der Waals surface area contributed by atoms with Gasteiger partial charge in [-0.05, 0) is 18.2 Å². The van der Waals surface area contributed by atoms with Gasteiger partial charge in [0.2, 0.25) is 0 Å². The van der Waals surface area contributed by atoms with Crippen molar-refractivity contribution in [2.45, 2.75) is 0 Å². The lowest BCUT2D eigenvalue weighted by atomic mass is 10.0. The minimum absolute atomic E-state index is 0.192. The Labute approximate surface area is 149 Å². The highest BCUT2D eigenvalue weighted by Gasteiger charge is 2.16. The first kappa shape index (κ1) is 15.4. The second-order valence-electron chi connectivity index (χ2n) is 5.59. The molecule has 4 aromatic rings. The number of aromatic nitrogens is 3. The van der Waals surface area contributed by atoms with Gasteiger partial charge >= 0.3 is 0 Å². The number of halogens is 1. The summed E-state index contributed by atoms with van der Waals surface area (Å²) in [6, 6.07) is 17.3. The lowest BCUT2D eigenvalue weighted by Gasteiger charge is -2.12. The van der Waals surface area contributed by atoms with E-state index in [2.05, 4.69) is 15.0 Å². The first-order valence-electron chi connectivity index (χ1n) is 7.66. The van der Waals surface area contributed by atoms with E-state index in [1.807, 2.05) is 54.6 Å². The molecule has 4 N–H and O–H groups in total. The number of nitrogens with zero attached hydrogens (tertiary/aromatic N) is 3. The van der Waals surface area contributed by atoms with Crippen molar-refractivity contribution < 1.29 is 0 Å². The molecular weight excluding hydrogens is 334 g/mol. The van der Waals surface area contributed by atoms with Crippen LogP contribution >= 0.6 is 11.6 Å². The van der Waals surface area contributed by atoms with Gasteiger partial charge in [-0.25, -0.2) is 9.97 Å². The Bertz CT molecular complexity index is 1080. The van der Waals surface area contributed by atoms with E-state index in [0.29, 0.717) is 16.4 Å². The molecule has 0 bridgehead atoms. The van der Waals surface area contributed by atoms with Crippen LogP contribution in [0.2, 0.25) is 5.02 Å². The van der Waals surface area contributed by atoms with E-state index in [1.54, 1.807) is 6.20 Å². The average molecular weight is 348 g/mol. The van der Waals surface area contributed by atoms with E-state index >= 15 is 0 Å². The number of nitrogen functional groups attached to an aromatic ring is 2. The zero-order valence-corrected chi connectivity index (χ0v) is 13.9. The molecule has 0 radical (unpaired) electrons. The van der Waals surface area contributed by atoms with Crippen LogP contribution in [0.5, 0.6) is 0 Å². The number of rotatable bonds is 2. The maximum absolute atomic E-state index is 6.41. The maximum atomic E-state index is 6.41. The third-order valence-corrected chi connectivity index (χ3v) is 4.22. The Hall–Kier alpha value is -3.18. The number of benzene rings is 2. The number of fused-ring (bicyclic) bond motifs is 1. The summed E-state index contributed by atoms with van der Waals surface area (Å²) >= 11 is 6.41. The molecule has 0 atom stereocenters. The molecule has 0 aliphatic carbocycles. The standard InChI is InChI=1S/C19H14ClN5/c20-14-10-13(9-12-7-4-8-23-15(12)14)17-16(11-5-2-1-3-6-11)24-18(21)19(22)25-17/h1-10H,(H2,21,24)(H2,22,25). The number of hydrogen-bond donors (Lipinski definition) is 2. The van der Waals surface area contributed by atoms with Crippen molar-refractivity contribution in [2.24, 2.45) is 0 Å². The molecule has 0 unspecified atom stereocenters. The van der Waals surface area contributed by atoms with Gasteiger partial charge < -0.3 is 11.5 Å². The van der Waals surface area contributed by atoms with Crippen molar-refractivity contribution in [2.75, 3.05) is 11.5 Å². The highest BCUT2D eigenvalue weighted by molar-refractivity contribution is 6.35. The van der Waals surface area contributed by atoms with Crippen molar-refractivity contribution in [1.82, 2.24) is 15.0 Å². The fraction of sp³-hybridized carbons (Fsp3) is 0. The molecule has 4 rings (SSSR count). The Morgan fingerprint density at radius 3 is 2.16 bits per heavy atom. The Balaban J connectivity index is 2.01. The Morgan fingerprint density at radius 1 is 0.760 bits per heavy atom. The molecule has 25 heavy (non-hydrogen) atoms. The van der Waals surface area contributed by atoms with Crippen LogP contribution in [0.25, 0.3) is 33.4 Å². The molecule has 0 amide bonds. The van der Waals surface area contributed by atoms with Crippen LogP contribution in [-0.4, -0.2) is 15.0 Å². The largest absolute Gasteiger partial charge is 0.381 e. The van der Waals surface area contributed by atoms with Crippen LogP contribution in [0.3, 0.4) is 0 Å². The van der Waals surface area contributed by atoms with E-state index in [1.165, 1.54) is 0 Å². The van der Waals surface area contributed by atoms with Gasteiger partial charge in [-0.15, -0.1) is 0 Å². The lowest BCUT2D eigenvalue weighted by molar-refractivity contribution is 1.23. The predicted octanol–water partition coefficient (Wildman–Crippen LogP) is 4.18. The molecule has 2 heterocycles. The summed E-state index contributed by atoms with van der Waals surface area (Å²) in [4.78, 5) is 13.3. The van der Waals surface area contributed by atoms with Gasteiger partial charge in [0.15, 0.2) is 11.6 Å². The highest BCUT2D eigenvalue weighted by Crippen LogP contribution is 2.35. The predicted molar refractivity (Wildman–Crippen MR) is 102 cm³/mol. The Kier molecular flexibility index (Phi) is 3.71. The minimum Gasteiger partial charge on any atom is -0.381 e. The fourth-order valence-electron chi connectivity index (χ4n) is 2.74. The lowest BCUT2D eigenvalue weighted by Crippen LogP contribution is -2.04. The van der Waals surface area contributed by atoms with Gasteiger partial charge in [-0.2, -0.15) is 0 Å². The molecule has 0 fully saturated rings. The van der Waals surface area contributed by atoms with Gasteiger partial charge in [0.25, 0.3) is 0 Å². The van der Waals surface area contributed by atoms with Crippen LogP contribution < -0.4 is 11.5 Å². The van der Waals surface area contributed by atoms with Crippen molar-refractivity contribution in [3.63, 3.8) is 0 Å². The van der Waals surface area contributed by atoms with Crippen LogP contribution in [0.4, 0.5) is 11.6 Å². The molecular formula is C19H14ClN5. The quantitative estimate of drug-likeness (QED) is 0.567. The van der Waals surface area contributed by atoms with Gasteiger partial charge in [0.1, 0.15) is 0 Å². The van der Waals surface area contributed by atoms with Crippen molar-refractivity contribution in [3.8, 4) is 22.5 Å². The van der Waals surface area contributed by atoms with Gasteiger partial charge in [-0.3, -0.25) is 4.98 Å². The summed E-state index contributed by atoms with van der Waals surface area (Å²) in [5.41, 5.74) is 15.5. The van der Waals surface area contributed by atoms with E-state index < -0.39 is 0 Å². The minimum atomic E-state index is 0.192. The van der Waals surface area contributed by atoms with E-state index in [4.69, 9.17) is 23.1 Å². The fourth-order valence-corrected chi connectivity index (χ4v) is 3.02. The summed E-state index contributed by atoms with van der Waals surface area (Å²) in [5, 5.41) is 1.46. The van der Waals surface area contributed by atoms with Crippen LogP contribution in [0.15, 0.2) is 60.8 Å². The summed E-state index contributed by atoms with van der Waals surface area (Å²) in [6.07, 6.45) is 1.71. The van der Waals surface area contributed by atoms with Crippen molar-refractivity contribution >= 4 is 34.1 Å². The van der Waals surface area contributed by atoms with Gasteiger partial charge in [-0.1, -0.05) is 48.0 Å². The highest BCUT2D eigenvalue weighted by atomic mass is 35.5. The second kappa shape index (κ2) is 6.03. The molecule has 0 aliphatic heterocycles. The zero-order chi connectivity index (χ0) is 17.4. The monoisotopic (exact) mass is 347 g/mol. The molecule has 122 valence electrons. The zero-order valence-electron chi connectivity index (χ0n) is 13.1. The topological polar surface area (TPSA) is 90.7 Å². The van der Waals surface area contributed by atoms with Crippen LogP contribution in [0, 0.1) is 0 Å². The van der Waals surface area contributed by atoms with Gasteiger partial charge in [0, 0.05) is 22.7 Å². The SMILES string of the molecule is Nc1nc(-c2ccccc2)c(-c2cc(Cl)c3ncccc3c2)nc1N. The summed E-state index contributed by atoms with van der Waals surface area (Å²) in [7, 11) is 0. The van der Waals surface area contributed by atoms with E-state index in [-0.39, 0.29) is 11.6 Å². The molecule has 5 nitrogen and oxygen atoms in total. The molecule has 6 heteroatoms. The third kappa shape index (κ3) is 2.75. The van der Waals surface area contributed by atoms with Crippen molar-refractivity contribution in [3.05, 3.63) is 65.8 Å². The normalized spacial score (nSPS) is 10.9. The molecule has 2 aromatic carbocycles. The molecule has 0 spiro atoms. The summed E-state index contributed by atoms with van der Waals surface area (Å²) in [6.45, 7) is 0. The van der Waals surface area contributed by atoms with Crippen molar-refractivity contribution in [1.29, 1.82) is 0 Å². The number of anilines is 2. The number of pyridine rings is 1. The van der Waals surface area contributed by atoms with E-state index in [9.17, 15) is 0 Å². The van der Waals surface area contributed by atoms with Crippen LogP contribution in [-0.2, 0) is 0 Å². The summed E-state index contributed by atoms with van der Waals surface area (Å²) in [5.74, 6) is 0.397. The Morgan fingerprint density at radius 2 is 1.44 bits per heavy atom. The molecule has 2 aromatic heterocycles. The third-order valence-electron chi connectivity index (χ3n) is 3.93. The molecule has 0 saturated heterocycles. The number of nitrogens with two attached hydrogens (primary N) is 2. The average Bonchev–Trinajstić information content (AvgIpc) is 2.64. The number of hydrogen-bond acceptors (Lipinski definition) is 5. The van der Waals surface area contributed by atoms with E-state index in [0.717, 1.165) is 22.0 Å². The first-order valence-corrected chi connectivity index (χ1v) is 8.04. The van der Waals surface area contributed by atoms with Crippen LogP contribution in [0.1, 0.15) is 0 Å². The summed E-state index contributed by atoms with van der Waals surface area (Å²) < 4.78 is 0. The first-order chi connectivity index (χ1) is 12.1. The van der Waals surface area contributed by atoms with Gasteiger partial charge in [0.05, 0.1) is 21.9 Å². The molecule has 0 aliphatic rings.